The monoisotopic (exact) mass is 332 g/mol. The Morgan fingerprint density at radius 2 is 2.16 bits per heavy atom. The van der Waals surface area contributed by atoms with E-state index in [4.69, 9.17) is 4.74 Å². The number of methoxy groups -OCH3 is 1. The van der Waals surface area contributed by atoms with Gasteiger partial charge in [0.05, 0.1) is 22.5 Å². The molecular weight excluding hydrogens is 308 g/mol. The second kappa shape index (κ2) is 8.68. The van der Waals surface area contributed by atoms with Gasteiger partial charge in [0, 0.05) is 40.3 Å². The smallest absolute Gasteiger partial charge is 0.0767 e. The normalized spacial score (nSPS) is 11.5. The Labute approximate surface area is 124 Å². The van der Waals surface area contributed by atoms with Gasteiger partial charge in [-0.15, -0.1) is 0 Å². The van der Waals surface area contributed by atoms with E-state index in [0.29, 0.717) is 0 Å². The van der Waals surface area contributed by atoms with Crippen molar-refractivity contribution in [3.05, 3.63) is 15.9 Å². The molecule has 19 heavy (non-hydrogen) atoms. The molecule has 0 saturated heterocycles. The molecule has 0 fully saturated rings. The van der Waals surface area contributed by atoms with Gasteiger partial charge in [0.2, 0.25) is 0 Å². The second-order valence-electron chi connectivity index (χ2n) is 4.67. The summed E-state index contributed by atoms with van der Waals surface area (Å²) >= 11 is 3.65. The largest absolute Gasteiger partial charge is 0.383 e. The third kappa shape index (κ3) is 5.22. The molecule has 5 nitrogen and oxygen atoms in total. The number of likely N-dealkylation sites (N-methyl/N-ethyl adjacent to an activating group) is 1. The summed E-state index contributed by atoms with van der Waals surface area (Å²) in [5.74, 6) is 0. The topological polar surface area (TPSA) is 42.3 Å². The van der Waals surface area contributed by atoms with Crippen LogP contribution in [0.5, 0.6) is 0 Å². The number of halogens is 1. The fourth-order valence-electron chi connectivity index (χ4n) is 1.90. The van der Waals surface area contributed by atoms with E-state index in [1.54, 1.807) is 7.11 Å². The zero-order valence-electron chi connectivity index (χ0n) is 12.4. The minimum atomic E-state index is 0.761. The van der Waals surface area contributed by atoms with Gasteiger partial charge in [-0.3, -0.25) is 9.58 Å². The summed E-state index contributed by atoms with van der Waals surface area (Å²) < 4.78 is 8.12. The zero-order chi connectivity index (χ0) is 14.3. The number of ether oxygens (including phenoxy) is 1. The van der Waals surface area contributed by atoms with Crippen molar-refractivity contribution in [3.8, 4) is 0 Å². The molecule has 6 heteroatoms. The third-order valence-corrected chi connectivity index (χ3v) is 3.99. The lowest BCUT2D eigenvalue weighted by Crippen LogP contribution is -2.31. The summed E-state index contributed by atoms with van der Waals surface area (Å²) in [6.45, 7) is 6.66. The highest BCUT2D eigenvalue weighted by Gasteiger charge is 2.13. The standard InChI is InChI=1S/C13H25BrN4O/c1-5-11-13(14)12(18(3)16-11)10-17(2)8-6-15-7-9-19-4/h15H,5-10H2,1-4H3. The Morgan fingerprint density at radius 3 is 2.74 bits per heavy atom. The molecule has 0 spiro atoms. The first-order valence-corrected chi connectivity index (χ1v) is 7.47. The zero-order valence-corrected chi connectivity index (χ0v) is 14.0. The highest BCUT2D eigenvalue weighted by atomic mass is 79.9. The lowest BCUT2D eigenvalue weighted by molar-refractivity contribution is 0.197. The summed E-state index contributed by atoms with van der Waals surface area (Å²) in [6, 6.07) is 0. The van der Waals surface area contributed by atoms with E-state index in [1.807, 2.05) is 11.7 Å². The Balaban J connectivity index is 2.39. The molecule has 0 radical (unpaired) electrons. The molecule has 0 bridgehead atoms. The van der Waals surface area contributed by atoms with Crippen LogP contribution in [0.4, 0.5) is 0 Å². The third-order valence-electron chi connectivity index (χ3n) is 3.08. The number of nitrogens with zero attached hydrogens (tertiary/aromatic N) is 3. The molecule has 1 N–H and O–H groups in total. The van der Waals surface area contributed by atoms with Crippen molar-refractivity contribution >= 4 is 15.9 Å². The van der Waals surface area contributed by atoms with Crippen LogP contribution in [-0.4, -0.2) is 55.1 Å². The molecule has 0 aliphatic heterocycles. The van der Waals surface area contributed by atoms with Gasteiger partial charge in [0.15, 0.2) is 0 Å². The van der Waals surface area contributed by atoms with Crippen molar-refractivity contribution in [1.29, 1.82) is 0 Å². The van der Waals surface area contributed by atoms with E-state index < -0.39 is 0 Å². The molecule has 0 aliphatic carbocycles. The van der Waals surface area contributed by atoms with Gasteiger partial charge in [0.1, 0.15) is 0 Å². The molecule has 0 saturated carbocycles. The molecule has 0 amide bonds. The van der Waals surface area contributed by atoms with Gasteiger partial charge < -0.3 is 10.1 Å². The predicted molar refractivity (Wildman–Crippen MR) is 81.4 cm³/mol. The number of hydrogen-bond donors (Lipinski definition) is 1. The van der Waals surface area contributed by atoms with Crippen LogP contribution in [0.2, 0.25) is 0 Å². The van der Waals surface area contributed by atoms with Crippen LogP contribution >= 0.6 is 15.9 Å². The van der Waals surface area contributed by atoms with Crippen molar-refractivity contribution in [3.63, 3.8) is 0 Å². The number of aromatic nitrogens is 2. The van der Waals surface area contributed by atoms with E-state index in [9.17, 15) is 0 Å². The van der Waals surface area contributed by atoms with Crippen LogP contribution < -0.4 is 5.32 Å². The minimum Gasteiger partial charge on any atom is -0.383 e. The van der Waals surface area contributed by atoms with Crippen LogP contribution in [0.1, 0.15) is 18.3 Å². The maximum Gasteiger partial charge on any atom is 0.0767 e. The molecule has 0 unspecified atom stereocenters. The quantitative estimate of drug-likeness (QED) is 0.694. The highest BCUT2D eigenvalue weighted by molar-refractivity contribution is 9.10. The summed E-state index contributed by atoms with van der Waals surface area (Å²) in [4.78, 5) is 2.29. The van der Waals surface area contributed by atoms with Gasteiger partial charge in [-0.05, 0) is 29.4 Å². The van der Waals surface area contributed by atoms with Crippen LogP contribution in [0.15, 0.2) is 4.47 Å². The van der Waals surface area contributed by atoms with E-state index in [1.165, 1.54) is 5.69 Å². The molecule has 0 atom stereocenters. The first-order chi connectivity index (χ1) is 9.10. The molecule has 1 aromatic rings. The van der Waals surface area contributed by atoms with E-state index in [0.717, 1.165) is 49.4 Å². The number of aryl methyl sites for hydroxylation is 2. The SMILES string of the molecule is CCc1nn(C)c(CN(C)CCNCCOC)c1Br. The summed E-state index contributed by atoms with van der Waals surface area (Å²) in [6.07, 6.45) is 0.955. The molecular formula is C13H25BrN4O. The Bertz CT molecular complexity index is 381. The highest BCUT2D eigenvalue weighted by Crippen LogP contribution is 2.22. The molecule has 0 aliphatic rings. The van der Waals surface area contributed by atoms with E-state index in [-0.39, 0.29) is 0 Å². The van der Waals surface area contributed by atoms with Crippen LogP contribution in [0.25, 0.3) is 0 Å². The van der Waals surface area contributed by atoms with Gasteiger partial charge in [-0.1, -0.05) is 6.92 Å². The van der Waals surface area contributed by atoms with Crippen molar-refractivity contribution < 1.29 is 4.74 Å². The maximum atomic E-state index is 5.00. The molecule has 1 heterocycles. The predicted octanol–water partition coefficient (Wildman–Crippen LogP) is 1.41. The average Bonchev–Trinajstić information content (AvgIpc) is 2.66. The van der Waals surface area contributed by atoms with Gasteiger partial charge in [-0.25, -0.2) is 0 Å². The Kier molecular flexibility index (Phi) is 7.60. The lowest BCUT2D eigenvalue weighted by atomic mass is 10.3. The van der Waals surface area contributed by atoms with Crippen LogP contribution in [0.3, 0.4) is 0 Å². The van der Waals surface area contributed by atoms with Gasteiger partial charge >= 0.3 is 0 Å². The maximum absolute atomic E-state index is 5.00. The average molecular weight is 333 g/mol. The summed E-state index contributed by atoms with van der Waals surface area (Å²) in [5, 5.41) is 7.86. The number of hydrogen-bond acceptors (Lipinski definition) is 4. The Hall–Kier alpha value is -0.430. The first-order valence-electron chi connectivity index (χ1n) is 6.68. The van der Waals surface area contributed by atoms with Crippen molar-refractivity contribution in [2.45, 2.75) is 19.9 Å². The first kappa shape index (κ1) is 16.6. The van der Waals surface area contributed by atoms with Crippen molar-refractivity contribution in [2.75, 3.05) is 40.4 Å². The molecule has 110 valence electrons. The van der Waals surface area contributed by atoms with E-state index in [2.05, 4.69) is 45.2 Å². The molecule has 1 aromatic heterocycles. The van der Waals surface area contributed by atoms with E-state index >= 15 is 0 Å². The molecule has 0 aromatic carbocycles. The number of nitrogens with one attached hydrogen (secondary N) is 1. The minimum absolute atomic E-state index is 0.761. The number of rotatable bonds is 9. The fourth-order valence-corrected chi connectivity index (χ4v) is 2.64. The Morgan fingerprint density at radius 1 is 1.42 bits per heavy atom. The fraction of sp³-hybridized carbons (Fsp3) is 0.769. The van der Waals surface area contributed by atoms with Crippen molar-refractivity contribution in [1.82, 2.24) is 20.0 Å². The lowest BCUT2D eigenvalue weighted by Gasteiger charge is -2.17. The van der Waals surface area contributed by atoms with Gasteiger partial charge in [0.25, 0.3) is 0 Å². The molecule has 1 rings (SSSR count). The van der Waals surface area contributed by atoms with Gasteiger partial charge in [-0.2, -0.15) is 5.10 Å². The summed E-state index contributed by atoms with van der Waals surface area (Å²) in [5.41, 5.74) is 2.36. The van der Waals surface area contributed by atoms with Crippen molar-refractivity contribution in [2.24, 2.45) is 7.05 Å². The second-order valence-corrected chi connectivity index (χ2v) is 5.46. The van der Waals surface area contributed by atoms with Crippen LogP contribution in [-0.2, 0) is 24.8 Å². The summed E-state index contributed by atoms with van der Waals surface area (Å²) in [7, 11) is 5.85. The van der Waals surface area contributed by atoms with Crippen LogP contribution in [0, 0.1) is 0 Å².